The number of aliphatic hydroxyl groups excluding tert-OH is 8. The highest BCUT2D eigenvalue weighted by atomic mass is 16.6. The largest absolute Gasteiger partial charge is 0.463 e. The van der Waals surface area contributed by atoms with Crippen molar-refractivity contribution in [3.8, 4) is 0 Å². The number of unbranched alkanes of at least 4 members (excludes halogenated alkanes) is 48. The van der Waals surface area contributed by atoms with Crippen molar-refractivity contribution in [2.45, 2.75) is 419 Å². The van der Waals surface area contributed by atoms with Gasteiger partial charge in [0.1, 0.15) is 31.5 Å². The zero-order valence-corrected chi connectivity index (χ0v) is 60.4. The zero-order valence-electron chi connectivity index (χ0n) is 60.4. The van der Waals surface area contributed by atoms with Gasteiger partial charge < -0.3 is 59.8 Å². The average Bonchev–Trinajstić information content (AvgIpc) is 3.59. The molecule has 0 aliphatic heterocycles. The van der Waals surface area contributed by atoms with Crippen molar-refractivity contribution in [3.05, 3.63) is 0 Å². The lowest BCUT2D eigenvalue weighted by Gasteiger charge is -2.15. The number of rotatable bonds is 68. The minimum atomic E-state index is -0.954. The van der Waals surface area contributed by atoms with Gasteiger partial charge in [-0.3, -0.25) is 19.2 Å². The van der Waals surface area contributed by atoms with Crippen molar-refractivity contribution in [3.63, 3.8) is 0 Å². The first-order valence-corrected chi connectivity index (χ1v) is 38.6. The molecule has 16 heteroatoms. The zero-order chi connectivity index (χ0) is 68.7. The monoisotopic (exact) mass is 1340 g/mol. The first-order chi connectivity index (χ1) is 44.9. The minimum Gasteiger partial charge on any atom is -0.463 e. The lowest BCUT2D eigenvalue weighted by molar-refractivity contribution is -0.161. The Morgan fingerprint density at radius 1 is 0.237 bits per heavy atom. The number of esters is 4. The summed E-state index contributed by atoms with van der Waals surface area (Å²) in [7, 11) is 0. The third-order valence-electron chi connectivity index (χ3n) is 16.6. The predicted molar refractivity (Wildman–Crippen MR) is 384 cm³/mol. The first kappa shape index (κ1) is 99.2. The van der Waals surface area contributed by atoms with Crippen molar-refractivity contribution in [2.75, 3.05) is 52.9 Å². The number of ether oxygens (including phenoxy) is 4. The molecule has 0 heterocycles. The van der Waals surface area contributed by atoms with Crippen LogP contribution in [0.3, 0.4) is 0 Å². The van der Waals surface area contributed by atoms with Crippen LogP contribution < -0.4 is 0 Å². The fourth-order valence-corrected chi connectivity index (χ4v) is 10.5. The molecule has 0 rings (SSSR count). The van der Waals surface area contributed by atoms with Crippen LogP contribution in [0.4, 0.5) is 0 Å². The molecule has 0 saturated heterocycles. The standard InChI is InChI=1S/C35H68O5.2C19H38O4.C3H8O3.CH4/c1-3-5-7-9-11-13-15-17-19-21-23-25-27-29-34(37)39-32-33(31-36)40-35(38)30-28-26-24-22-20-18-16-14-12-10-8-6-4-2;1-2-3-4-5-6-7-8-9-10-11-12-13-14-15-19(22)23-17-18(21)16-20;1-2-3-4-5-6-7-8-9-10-11-12-13-14-15-19(22)23-18(16-20)17-21;4-1-3(6)2-5;/h33,36H,3-32H2,1-2H3;2*18,20-21H,2-17H2,1H3;3-6H,1-2H2;1H4. The highest BCUT2D eigenvalue weighted by molar-refractivity contribution is 5.70. The summed E-state index contributed by atoms with van der Waals surface area (Å²) in [6.45, 7) is 6.81. The van der Waals surface area contributed by atoms with Gasteiger partial charge in [-0.1, -0.05) is 343 Å². The Bertz CT molecular complexity index is 1430. The summed E-state index contributed by atoms with van der Waals surface area (Å²) in [5, 5.41) is 68.8. The summed E-state index contributed by atoms with van der Waals surface area (Å²) >= 11 is 0. The van der Waals surface area contributed by atoms with Gasteiger partial charge in [-0.2, -0.15) is 0 Å². The third-order valence-corrected chi connectivity index (χ3v) is 16.6. The van der Waals surface area contributed by atoms with Gasteiger partial charge in [0.2, 0.25) is 0 Å². The van der Waals surface area contributed by atoms with Crippen LogP contribution >= 0.6 is 0 Å². The van der Waals surface area contributed by atoms with Gasteiger partial charge in [0.05, 0.1) is 39.6 Å². The van der Waals surface area contributed by atoms with E-state index in [0.717, 1.165) is 57.8 Å². The fourth-order valence-electron chi connectivity index (χ4n) is 10.5. The molecule has 0 fully saturated rings. The second kappa shape index (κ2) is 87.6. The van der Waals surface area contributed by atoms with Crippen molar-refractivity contribution in [1.29, 1.82) is 0 Å². The summed E-state index contributed by atoms with van der Waals surface area (Å²) in [6.07, 6.45) is 64.3. The normalized spacial score (nSPS) is 11.6. The second-order valence-electron chi connectivity index (χ2n) is 26.0. The van der Waals surface area contributed by atoms with E-state index in [1.165, 1.54) is 276 Å². The lowest BCUT2D eigenvalue weighted by Crippen LogP contribution is -2.28. The van der Waals surface area contributed by atoms with Gasteiger partial charge in [-0.15, -0.1) is 0 Å². The van der Waals surface area contributed by atoms with E-state index in [4.69, 9.17) is 54.7 Å². The van der Waals surface area contributed by atoms with Crippen molar-refractivity contribution in [2.24, 2.45) is 0 Å². The Kier molecular flexibility index (Phi) is 93.4. The number of aliphatic hydroxyl groups is 8. The first-order valence-electron chi connectivity index (χ1n) is 38.6. The molecule has 0 saturated carbocycles. The van der Waals surface area contributed by atoms with E-state index in [-0.39, 0.29) is 84.2 Å². The molecule has 0 spiro atoms. The van der Waals surface area contributed by atoms with Crippen LogP contribution in [0.1, 0.15) is 395 Å². The summed E-state index contributed by atoms with van der Waals surface area (Å²) in [5.41, 5.74) is 0. The molecule has 2 atom stereocenters. The average molecular weight is 1340 g/mol. The predicted octanol–water partition coefficient (Wildman–Crippen LogP) is 18.1. The summed E-state index contributed by atoms with van der Waals surface area (Å²) in [5.74, 6) is -1.18. The number of carbonyl (C=O) groups excluding carboxylic acids is 4. The quantitative estimate of drug-likeness (QED) is 0.0160. The Morgan fingerprint density at radius 3 is 0.613 bits per heavy atom. The fraction of sp³-hybridized carbons (Fsp3) is 0.948. The minimum absolute atomic E-state index is 0. The molecule has 8 N–H and O–H groups in total. The number of carbonyl (C=O) groups is 4. The molecule has 0 aliphatic rings. The van der Waals surface area contributed by atoms with Crippen molar-refractivity contribution >= 4 is 23.9 Å². The van der Waals surface area contributed by atoms with Gasteiger partial charge in [-0.05, 0) is 25.7 Å². The molecular weight excluding hydrogens is 1180 g/mol. The molecule has 0 aromatic rings. The molecule has 560 valence electrons. The molecule has 0 amide bonds. The smallest absolute Gasteiger partial charge is 0.306 e. The topological polar surface area (TPSA) is 267 Å². The van der Waals surface area contributed by atoms with Gasteiger partial charge in [0.15, 0.2) is 6.10 Å². The Hall–Kier alpha value is -2.44. The molecule has 0 aliphatic carbocycles. The summed E-state index contributed by atoms with van der Waals surface area (Å²) < 4.78 is 20.3. The van der Waals surface area contributed by atoms with E-state index < -0.39 is 24.4 Å². The van der Waals surface area contributed by atoms with Crippen LogP contribution in [0.15, 0.2) is 0 Å². The van der Waals surface area contributed by atoms with E-state index in [2.05, 4.69) is 27.7 Å². The van der Waals surface area contributed by atoms with E-state index >= 15 is 0 Å². The van der Waals surface area contributed by atoms with Crippen LogP contribution in [0, 0.1) is 0 Å². The van der Waals surface area contributed by atoms with Crippen LogP contribution in [0.5, 0.6) is 0 Å². The maximum absolute atomic E-state index is 12.1. The van der Waals surface area contributed by atoms with Crippen molar-refractivity contribution in [1.82, 2.24) is 0 Å². The maximum atomic E-state index is 12.1. The van der Waals surface area contributed by atoms with Gasteiger partial charge in [-0.25, -0.2) is 0 Å². The third kappa shape index (κ3) is 89.6. The Labute approximate surface area is 572 Å². The maximum Gasteiger partial charge on any atom is 0.306 e. The Balaban J connectivity index is -0.000000417. The van der Waals surface area contributed by atoms with E-state index in [1.54, 1.807) is 0 Å². The van der Waals surface area contributed by atoms with Crippen LogP contribution in [0.25, 0.3) is 0 Å². The van der Waals surface area contributed by atoms with Crippen molar-refractivity contribution < 1.29 is 79.0 Å². The summed E-state index contributed by atoms with van der Waals surface area (Å²) in [4.78, 5) is 46.9. The van der Waals surface area contributed by atoms with Gasteiger partial charge >= 0.3 is 23.9 Å². The summed E-state index contributed by atoms with van der Waals surface area (Å²) in [6, 6.07) is 0. The highest BCUT2D eigenvalue weighted by Gasteiger charge is 2.17. The van der Waals surface area contributed by atoms with Crippen LogP contribution in [0.2, 0.25) is 0 Å². The van der Waals surface area contributed by atoms with Gasteiger partial charge in [0.25, 0.3) is 0 Å². The lowest BCUT2D eigenvalue weighted by atomic mass is 10.0. The van der Waals surface area contributed by atoms with Crippen LogP contribution in [-0.2, 0) is 38.1 Å². The number of hydrogen-bond acceptors (Lipinski definition) is 16. The number of hydrogen-bond donors (Lipinski definition) is 8. The SMILES string of the molecule is C.CCCCCCCCCCCCCCCC(=O)OC(CO)CO.CCCCCCCCCCCCCCCC(=O)OCC(CO)OC(=O)CCCCCCCCCCCCCCC.CCCCCCCCCCCCCCCC(=O)OCC(O)CO.OCC(O)CO. The molecule has 0 radical (unpaired) electrons. The second-order valence-corrected chi connectivity index (χ2v) is 26.0. The molecule has 2 unspecified atom stereocenters. The molecule has 16 nitrogen and oxygen atoms in total. The highest BCUT2D eigenvalue weighted by Crippen LogP contribution is 2.18. The van der Waals surface area contributed by atoms with E-state index in [1.807, 2.05) is 0 Å². The Morgan fingerprint density at radius 2 is 0.419 bits per heavy atom. The molecule has 0 aromatic carbocycles. The van der Waals surface area contributed by atoms with Gasteiger partial charge in [0, 0.05) is 25.7 Å². The molecule has 0 bridgehead atoms. The van der Waals surface area contributed by atoms with Crippen LogP contribution in [-0.4, -0.2) is 142 Å². The van der Waals surface area contributed by atoms with E-state index in [0.29, 0.717) is 25.7 Å². The molecule has 93 heavy (non-hydrogen) atoms. The molecule has 0 aromatic heterocycles. The molecular formula is C77H156O16. The van der Waals surface area contributed by atoms with E-state index in [9.17, 15) is 24.3 Å².